The highest BCUT2D eigenvalue weighted by atomic mass is 19.1. The summed E-state index contributed by atoms with van der Waals surface area (Å²) in [5.41, 5.74) is 9.40. The van der Waals surface area contributed by atoms with Crippen molar-refractivity contribution in [3.8, 4) is 0 Å². The molecule has 1 atom stereocenters. The van der Waals surface area contributed by atoms with Crippen LogP contribution < -0.4 is 16.4 Å². The second-order valence-corrected chi connectivity index (χ2v) is 7.67. The summed E-state index contributed by atoms with van der Waals surface area (Å²) >= 11 is 0. The number of amides is 1. The Morgan fingerprint density at radius 3 is 2.76 bits per heavy atom. The maximum absolute atomic E-state index is 14.0. The average Bonchev–Trinajstić information content (AvgIpc) is 2.83. The Morgan fingerprint density at radius 2 is 2.09 bits per heavy atom. The lowest BCUT2D eigenvalue weighted by Gasteiger charge is -2.23. The zero-order valence-corrected chi connectivity index (χ0v) is 19.3. The van der Waals surface area contributed by atoms with Crippen LogP contribution in [0.4, 0.5) is 10.1 Å². The lowest BCUT2D eigenvalue weighted by Crippen LogP contribution is -2.24. The molecule has 0 saturated heterocycles. The summed E-state index contributed by atoms with van der Waals surface area (Å²) in [6.07, 6.45) is 4.90. The maximum Gasteiger partial charge on any atom is 0.250 e. The average molecular weight is 465 g/mol. The second kappa shape index (κ2) is 11.9. The molecule has 1 heterocycles. The highest BCUT2D eigenvalue weighted by molar-refractivity contribution is 6.08. The molecule has 0 radical (unpaired) electrons. The zero-order valence-electron chi connectivity index (χ0n) is 19.3. The summed E-state index contributed by atoms with van der Waals surface area (Å²) in [6, 6.07) is 11.4. The summed E-state index contributed by atoms with van der Waals surface area (Å²) < 4.78 is 24.9. The molecule has 0 aliphatic heterocycles. The Bertz CT molecular complexity index is 1200. The number of primary amides is 1. The van der Waals surface area contributed by atoms with Gasteiger partial charge < -0.3 is 25.8 Å². The fourth-order valence-electron chi connectivity index (χ4n) is 3.64. The molecule has 0 fully saturated rings. The molecule has 0 saturated carbocycles. The van der Waals surface area contributed by atoms with Gasteiger partial charge in [-0.15, -0.1) is 0 Å². The van der Waals surface area contributed by atoms with Crippen molar-refractivity contribution < 1.29 is 18.7 Å². The monoisotopic (exact) mass is 464 g/mol. The molecule has 178 valence electrons. The van der Waals surface area contributed by atoms with E-state index in [0.29, 0.717) is 29.6 Å². The van der Waals surface area contributed by atoms with E-state index in [1.807, 2.05) is 19.2 Å². The molecule has 1 unspecified atom stereocenters. The quantitative estimate of drug-likeness (QED) is 0.276. The molecule has 1 amide bonds. The van der Waals surface area contributed by atoms with E-state index in [1.165, 1.54) is 12.1 Å². The molecule has 3 rings (SSSR count). The number of pyridine rings is 1. The summed E-state index contributed by atoms with van der Waals surface area (Å²) in [6.45, 7) is 4.85. The molecule has 0 aliphatic rings. The number of nitrogens with zero attached hydrogens (tertiary/aromatic N) is 1. The number of hydrogen-bond acceptors (Lipinski definition) is 6. The van der Waals surface area contributed by atoms with Gasteiger partial charge in [-0.3, -0.25) is 9.78 Å². The Labute approximate surface area is 198 Å². The van der Waals surface area contributed by atoms with E-state index in [-0.39, 0.29) is 18.5 Å². The summed E-state index contributed by atoms with van der Waals surface area (Å²) in [4.78, 5) is 16.5. The minimum atomic E-state index is -0.567. The predicted molar refractivity (Wildman–Crippen MR) is 132 cm³/mol. The molecule has 4 N–H and O–H groups in total. The maximum atomic E-state index is 14.0. The number of methoxy groups -OCH3 is 1. The first-order valence-electron chi connectivity index (χ1n) is 10.8. The molecule has 34 heavy (non-hydrogen) atoms. The van der Waals surface area contributed by atoms with Gasteiger partial charge in [0.2, 0.25) is 0 Å². The third kappa shape index (κ3) is 5.98. The Balaban J connectivity index is 2.07. The number of para-hydroxylation sites is 1. The van der Waals surface area contributed by atoms with Crippen molar-refractivity contribution in [2.24, 2.45) is 5.73 Å². The van der Waals surface area contributed by atoms with Crippen LogP contribution in [0.25, 0.3) is 10.9 Å². The highest BCUT2D eigenvalue weighted by Gasteiger charge is 2.18. The number of anilines is 1. The van der Waals surface area contributed by atoms with Gasteiger partial charge in [-0.1, -0.05) is 36.9 Å². The van der Waals surface area contributed by atoms with Crippen molar-refractivity contribution in [3.05, 3.63) is 95.7 Å². The van der Waals surface area contributed by atoms with Crippen LogP contribution >= 0.6 is 0 Å². The van der Waals surface area contributed by atoms with E-state index in [9.17, 15) is 9.18 Å². The number of carbonyl (C=O) groups excluding carboxylic acids is 1. The number of nitrogens with one attached hydrogen (secondary N) is 2. The standard InChI is InChI=1S/C26H29FN4O3/c1-4-17(14-33-3)15-34-16-19-12-30-25-21(9-6-10-22(25)26(28)32)24(19)31-23(13-29-2)18-7-5-8-20(27)11-18/h4-12,15,23,29H,1,13-14,16H2,2-3H3,(H2,28,32)(H,30,31). The number of fused-ring (bicyclic) bond motifs is 1. The normalized spacial score (nSPS) is 12.4. The Hall–Kier alpha value is -3.75. The smallest absolute Gasteiger partial charge is 0.250 e. The summed E-state index contributed by atoms with van der Waals surface area (Å²) in [7, 11) is 3.42. The number of ether oxygens (including phenoxy) is 2. The van der Waals surface area contributed by atoms with Crippen LogP contribution in [-0.4, -0.2) is 38.2 Å². The first-order valence-corrected chi connectivity index (χ1v) is 10.8. The summed E-state index contributed by atoms with van der Waals surface area (Å²) in [5, 5.41) is 7.36. The fourth-order valence-corrected chi connectivity index (χ4v) is 3.64. The van der Waals surface area contributed by atoms with Crippen molar-refractivity contribution in [2.75, 3.05) is 32.6 Å². The lowest BCUT2D eigenvalue weighted by atomic mass is 10.0. The third-order valence-electron chi connectivity index (χ3n) is 5.27. The van der Waals surface area contributed by atoms with Gasteiger partial charge in [0, 0.05) is 36.4 Å². The van der Waals surface area contributed by atoms with E-state index >= 15 is 0 Å². The van der Waals surface area contributed by atoms with Gasteiger partial charge in [-0.05, 0) is 30.8 Å². The number of halogens is 1. The largest absolute Gasteiger partial charge is 0.496 e. The van der Waals surface area contributed by atoms with Crippen molar-refractivity contribution in [1.29, 1.82) is 0 Å². The van der Waals surface area contributed by atoms with Crippen LogP contribution in [0, 0.1) is 5.82 Å². The predicted octanol–water partition coefficient (Wildman–Crippen LogP) is 4.08. The molecule has 7 nitrogen and oxygen atoms in total. The highest BCUT2D eigenvalue weighted by Crippen LogP contribution is 2.32. The Kier molecular flexibility index (Phi) is 8.73. The fraction of sp³-hybridized carbons (Fsp3) is 0.231. The van der Waals surface area contributed by atoms with E-state index < -0.39 is 5.91 Å². The first kappa shape index (κ1) is 24.9. The molecule has 2 aromatic carbocycles. The third-order valence-corrected chi connectivity index (χ3v) is 5.27. The van der Waals surface area contributed by atoms with E-state index in [1.54, 1.807) is 43.8 Å². The van der Waals surface area contributed by atoms with Crippen molar-refractivity contribution in [1.82, 2.24) is 10.3 Å². The van der Waals surface area contributed by atoms with Crippen LogP contribution in [0.2, 0.25) is 0 Å². The van der Waals surface area contributed by atoms with Crippen LogP contribution in [0.1, 0.15) is 27.5 Å². The minimum absolute atomic E-state index is 0.197. The van der Waals surface area contributed by atoms with Gasteiger partial charge in [0.25, 0.3) is 5.91 Å². The molecule has 8 heteroatoms. The van der Waals surface area contributed by atoms with E-state index in [2.05, 4.69) is 22.2 Å². The zero-order chi connectivity index (χ0) is 24.5. The second-order valence-electron chi connectivity index (χ2n) is 7.67. The number of benzene rings is 2. The molecule has 3 aromatic rings. The molecule has 0 spiro atoms. The van der Waals surface area contributed by atoms with Crippen molar-refractivity contribution in [3.63, 3.8) is 0 Å². The van der Waals surface area contributed by atoms with Crippen LogP contribution in [0.5, 0.6) is 0 Å². The van der Waals surface area contributed by atoms with Gasteiger partial charge in [0.1, 0.15) is 12.4 Å². The van der Waals surface area contributed by atoms with E-state index in [4.69, 9.17) is 15.2 Å². The van der Waals surface area contributed by atoms with Crippen LogP contribution in [0.15, 0.2) is 73.2 Å². The van der Waals surface area contributed by atoms with Crippen LogP contribution in [0.3, 0.4) is 0 Å². The van der Waals surface area contributed by atoms with Gasteiger partial charge in [-0.2, -0.15) is 0 Å². The topological polar surface area (TPSA) is 98.5 Å². The van der Waals surface area contributed by atoms with Crippen LogP contribution in [-0.2, 0) is 16.1 Å². The minimum Gasteiger partial charge on any atom is -0.496 e. The van der Waals surface area contributed by atoms with Crippen molar-refractivity contribution >= 4 is 22.5 Å². The molecular weight excluding hydrogens is 435 g/mol. The number of nitrogens with two attached hydrogens (primary N) is 1. The Morgan fingerprint density at radius 1 is 1.29 bits per heavy atom. The number of rotatable bonds is 12. The number of likely N-dealkylation sites (N-methyl/N-ethyl adjacent to an activating group) is 1. The van der Waals surface area contributed by atoms with Gasteiger partial charge in [0.05, 0.1) is 35.7 Å². The van der Waals surface area contributed by atoms with Gasteiger partial charge >= 0.3 is 0 Å². The van der Waals surface area contributed by atoms with Crippen molar-refractivity contribution in [2.45, 2.75) is 12.6 Å². The summed E-state index contributed by atoms with van der Waals surface area (Å²) in [5.74, 6) is -0.886. The molecule has 0 aliphatic carbocycles. The van der Waals surface area contributed by atoms with E-state index in [0.717, 1.165) is 22.4 Å². The SMILES string of the molecule is C=CC(=COCc1cnc2c(C(N)=O)cccc2c1NC(CNC)c1cccc(F)c1)COC. The van der Waals surface area contributed by atoms with Gasteiger partial charge in [0.15, 0.2) is 0 Å². The number of aromatic nitrogens is 1. The first-order chi connectivity index (χ1) is 16.5. The van der Waals surface area contributed by atoms with Gasteiger partial charge in [-0.25, -0.2) is 4.39 Å². The molecule has 1 aromatic heterocycles. The lowest BCUT2D eigenvalue weighted by molar-refractivity contribution is 0.100. The number of hydrogen-bond donors (Lipinski definition) is 3. The molecular formula is C26H29FN4O3. The number of carbonyl (C=O) groups is 1. The molecule has 0 bridgehead atoms.